The summed E-state index contributed by atoms with van der Waals surface area (Å²) in [6.07, 6.45) is 0.694. The fourth-order valence-electron chi connectivity index (χ4n) is 0.964. The molecule has 1 saturated carbocycles. The van der Waals surface area contributed by atoms with Gasteiger partial charge in [0.2, 0.25) is 0 Å². The Labute approximate surface area is 58.5 Å². The summed E-state index contributed by atoms with van der Waals surface area (Å²) in [7, 11) is 1.39. The van der Waals surface area contributed by atoms with Crippen LogP contribution in [-0.2, 0) is 14.4 Å². The van der Waals surface area contributed by atoms with Crippen molar-refractivity contribution in [2.24, 2.45) is 0 Å². The van der Waals surface area contributed by atoms with Gasteiger partial charge in [0.05, 0.1) is 7.11 Å². The second kappa shape index (κ2) is 2.90. The van der Waals surface area contributed by atoms with E-state index in [-0.39, 0.29) is 11.6 Å². The average molecular weight is 143 g/mol. The Morgan fingerprint density at radius 2 is 1.90 bits per heavy atom. The number of ketones is 2. The SMILES string of the molecule is CONC1C(=O)CCC1=O. The maximum atomic E-state index is 10.8. The van der Waals surface area contributed by atoms with E-state index in [0.717, 1.165) is 0 Å². The molecule has 56 valence electrons. The van der Waals surface area contributed by atoms with Gasteiger partial charge in [0.1, 0.15) is 6.04 Å². The second-order valence-electron chi connectivity index (χ2n) is 2.19. The maximum absolute atomic E-state index is 10.8. The lowest BCUT2D eigenvalue weighted by Crippen LogP contribution is -2.37. The maximum Gasteiger partial charge on any atom is 0.160 e. The number of hydroxylamine groups is 1. The molecule has 0 unspecified atom stereocenters. The first-order valence-corrected chi connectivity index (χ1v) is 3.09. The van der Waals surface area contributed by atoms with Crippen molar-refractivity contribution in [3.63, 3.8) is 0 Å². The normalized spacial score (nSPS) is 20.5. The van der Waals surface area contributed by atoms with Crippen LogP contribution in [-0.4, -0.2) is 24.7 Å². The van der Waals surface area contributed by atoms with Crippen LogP contribution in [0.15, 0.2) is 0 Å². The van der Waals surface area contributed by atoms with Crippen LogP contribution in [0, 0.1) is 0 Å². The summed E-state index contributed by atoms with van der Waals surface area (Å²) >= 11 is 0. The molecule has 0 aromatic carbocycles. The molecular formula is C6H9NO3. The highest BCUT2D eigenvalue weighted by atomic mass is 16.6. The molecule has 1 N–H and O–H groups in total. The van der Waals surface area contributed by atoms with E-state index < -0.39 is 6.04 Å². The van der Waals surface area contributed by atoms with Crippen molar-refractivity contribution < 1.29 is 14.4 Å². The van der Waals surface area contributed by atoms with Gasteiger partial charge in [0.25, 0.3) is 0 Å². The summed E-state index contributed by atoms with van der Waals surface area (Å²) < 4.78 is 0. The van der Waals surface area contributed by atoms with Crippen LogP contribution in [0.25, 0.3) is 0 Å². The summed E-state index contributed by atoms with van der Waals surface area (Å²) in [5.74, 6) is -0.154. The van der Waals surface area contributed by atoms with Crippen LogP contribution >= 0.6 is 0 Å². The summed E-state index contributed by atoms with van der Waals surface area (Å²) in [5, 5.41) is 0. The van der Waals surface area contributed by atoms with Crippen LogP contribution in [0.2, 0.25) is 0 Å². The Morgan fingerprint density at radius 3 is 2.30 bits per heavy atom. The van der Waals surface area contributed by atoms with E-state index in [1.54, 1.807) is 0 Å². The highest BCUT2D eigenvalue weighted by molar-refractivity contribution is 6.12. The summed E-state index contributed by atoms with van der Waals surface area (Å²) in [6, 6.07) is -0.704. The zero-order valence-corrected chi connectivity index (χ0v) is 5.72. The molecule has 0 heterocycles. The molecule has 0 bridgehead atoms. The van der Waals surface area contributed by atoms with Crippen molar-refractivity contribution in [3.8, 4) is 0 Å². The van der Waals surface area contributed by atoms with Gasteiger partial charge in [-0.2, -0.15) is 5.48 Å². The zero-order chi connectivity index (χ0) is 7.56. The molecule has 1 rings (SSSR count). The fraction of sp³-hybridized carbons (Fsp3) is 0.667. The van der Waals surface area contributed by atoms with Gasteiger partial charge in [-0.05, 0) is 0 Å². The quantitative estimate of drug-likeness (QED) is 0.416. The molecular weight excluding hydrogens is 134 g/mol. The average Bonchev–Trinajstić information content (AvgIpc) is 2.20. The number of rotatable bonds is 2. The van der Waals surface area contributed by atoms with E-state index in [9.17, 15) is 9.59 Å². The second-order valence-corrected chi connectivity index (χ2v) is 2.19. The van der Waals surface area contributed by atoms with Gasteiger partial charge in [-0.15, -0.1) is 0 Å². The first-order chi connectivity index (χ1) is 4.75. The van der Waals surface area contributed by atoms with Crippen LogP contribution in [0.1, 0.15) is 12.8 Å². The van der Waals surface area contributed by atoms with E-state index in [4.69, 9.17) is 0 Å². The van der Waals surface area contributed by atoms with Gasteiger partial charge in [-0.1, -0.05) is 0 Å². The van der Waals surface area contributed by atoms with Gasteiger partial charge in [0, 0.05) is 12.8 Å². The number of carbonyl (C=O) groups is 2. The Balaban J connectivity index is 2.54. The predicted octanol–water partition coefficient (Wildman–Crippen LogP) is -0.562. The molecule has 0 saturated heterocycles. The number of hydrogen-bond donors (Lipinski definition) is 1. The molecule has 0 aromatic heterocycles. The molecule has 1 aliphatic carbocycles. The van der Waals surface area contributed by atoms with Crippen molar-refractivity contribution in [1.29, 1.82) is 0 Å². The molecule has 4 nitrogen and oxygen atoms in total. The first-order valence-electron chi connectivity index (χ1n) is 3.09. The van der Waals surface area contributed by atoms with Crippen LogP contribution < -0.4 is 5.48 Å². The molecule has 10 heavy (non-hydrogen) atoms. The highest BCUT2D eigenvalue weighted by Crippen LogP contribution is 2.09. The molecule has 0 radical (unpaired) electrons. The fourth-order valence-corrected chi connectivity index (χ4v) is 0.964. The van der Waals surface area contributed by atoms with E-state index >= 15 is 0 Å². The van der Waals surface area contributed by atoms with E-state index in [2.05, 4.69) is 10.3 Å². The van der Waals surface area contributed by atoms with Crippen molar-refractivity contribution in [2.45, 2.75) is 18.9 Å². The van der Waals surface area contributed by atoms with E-state index in [0.29, 0.717) is 12.8 Å². The smallest absolute Gasteiger partial charge is 0.160 e. The Morgan fingerprint density at radius 1 is 1.40 bits per heavy atom. The van der Waals surface area contributed by atoms with Crippen molar-refractivity contribution >= 4 is 11.6 Å². The Bertz CT molecular complexity index is 150. The third-order valence-electron chi connectivity index (χ3n) is 1.50. The summed E-state index contributed by atoms with van der Waals surface area (Å²) in [4.78, 5) is 26.1. The Kier molecular flexibility index (Phi) is 2.13. The standard InChI is InChI=1S/C6H9NO3/c1-10-7-6-4(8)2-3-5(6)9/h6-7H,2-3H2,1H3. The predicted molar refractivity (Wildman–Crippen MR) is 33.2 cm³/mol. The van der Waals surface area contributed by atoms with Gasteiger partial charge < -0.3 is 4.84 Å². The topological polar surface area (TPSA) is 55.4 Å². The molecule has 0 aliphatic heterocycles. The van der Waals surface area contributed by atoms with Gasteiger partial charge in [0.15, 0.2) is 11.6 Å². The number of nitrogens with one attached hydrogen (secondary N) is 1. The zero-order valence-electron chi connectivity index (χ0n) is 5.72. The van der Waals surface area contributed by atoms with Crippen LogP contribution in [0.5, 0.6) is 0 Å². The molecule has 0 amide bonds. The minimum atomic E-state index is -0.704. The minimum absolute atomic E-state index is 0.0770. The Hall–Kier alpha value is -0.740. The lowest BCUT2D eigenvalue weighted by Gasteiger charge is -2.04. The molecule has 0 aromatic rings. The third-order valence-corrected chi connectivity index (χ3v) is 1.50. The van der Waals surface area contributed by atoms with Crippen molar-refractivity contribution in [1.82, 2.24) is 5.48 Å². The number of carbonyl (C=O) groups excluding carboxylic acids is 2. The first kappa shape index (κ1) is 7.37. The summed E-state index contributed by atoms with van der Waals surface area (Å²) in [5.41, 5.74) is 2.34. The summed E-state index contributed by atoms with van der Waals surface area (Å²) in [6.45, 7) is 0. The molecule has 0 atom stereocenters. The van der Waals surface area contributed by atoms with Gasteiger partial charge in [-0.3, -0.25) is 9.59 Å². The van der Waals surface area contributed by atoms with Gasteiger partial charge >= 0.3 is 0 Å². The lowest BCUT2D eigenvalue weighted by atomic mass is 10.2. The molecule has 1 fully saturated rings. The highest BCUT2D eigenvalue weighted by Gasteiger charge is 2.32. The third kappa shape index (κ3) is 1.22. The monoisotopic (exact) mass is 143 g/mol. The van der Waals surface area contributed by atoms with Crippen molar-refractivity contribution in [2.75, 3.05) is 7.11 Å². The largest absolute Gasteiger partial charge is 0.304 e. The number of hydrogen-bond acceptors (Lipinski definition) is 4. The van der Waals surface area contributed by atoms with Gasteiger partial charge in [-0.25, -0.2) is 0 Å². The number of Topliss-reactive ketones (excluding diaryl/α,β-unsaturated/α-hetero) is 2. The lowest BCUT2D eigenvalue weighted by molar-refractivity contribution is -0.129. The molecule has 4 heteroatoms. The van der Waals surface area contributed by atoms with E-state index in [1.807, 2.05) is 0 Å². The van der Waals surface area contributed by atoms with Crippen LogP contribution in [0.3, 0.4) is 0 Å². The van der Waals surface area contributed by atoms with Crippen molar-refractivity contribution in [3.05, 3.63) is 0 Å². The molecule has 0 spiro atoms. The van der Waals surface area contributed by atoms with Crippen LogP contribution in [0.4, 0.5) is 0 Å². The molecule has 1 aliphatic rings. The minimum Gasteiger partial charge on any atom is -0.304 e. The van der Waals surface area contributed by atoms with E-state index in [1.165, 1.54) is 7.11 Å².